The number of nitrogens with one attached hydrogen (secondary N) is 2. The van der Waals surface area contributed by atoms with Gasteiger partial charge in [-0.2, -0.15) is 0 Å². The molecule has 0 fully saturated rings. The van der Waals surface area contributed by atoms with Crippen molar-refractivity contribution >= 4 is 44.0 Å². The van der Waals surface area contributed by atoms with Crippen LogP contribution >= 0.6 is 11.3 Å². The van der Waals surface area contributed by atoms with E-state index in [0.29, 0.717) is 11.3 Å². The molecule has 6 nitrogen and oxygen atoms in total. The number of hydrogen-bond acceptors (Lipinski definition) is 6. The van der Waals surface area contributed by atoms with E-state index in [-0.39, 0.29) is 10.0 Å². The van der Waals surface area contributed by atoms with Crippen molar-refractivity contribution in [3.63, 3.8) is 0 Å². The maximum Gasteiger partial charge on any atom is 0.272 e. The van der Waals surface area contributed by atoms with E-state index in [4.69, 9.17) is 0 Å². The Morgan fingerprint density at radius 2 is 1.69 bits per heavy atom. The van der Waals surface area contributed by atoms with Gasteiger partial charge in [0, 0.05) is 6.54 Å². The van der Waals surface area contributed by atoms with Crippen LogP contribution in [0.15, 0.2) is 46.0 Å². The molecule has 2 aromatic heterocycles. The van der Waals surface area contributed by atoms with Gasteiger partial charge in [0.2, 0.25) is 0 Å². The van der Waals surface area contributed by atoms with Gasteiger partial charge in [-0.05, 0) is 30.0 Å². The first-order valence-corrected chi connectivity index (χ1v) is 11.0. The minimum atomic E-state index is -3.67. The zero-order chi connectivity index (χ0) is 18.4. The second-order valence-electron chi connectivity index (χ2n) is 5.93. The number of sulfonamides is 1. The third-order valence-corrected chi connectivity index (χ3v) is 6.62. The van der Waals surface area contributed by atoms with Gasteiger partial charge in [-0.3, -0.25) is 4.72 Å². The number of para-hydroxylation sites is 2. The van der Waals surface area contributed by atoms with Crippen LogP contribution in [0.4, 0.5) is 11.6 Å². The molecule has 0 spiro atoms. The van der Waals surface area contributed by atoms with Crippen LogP contribution in [0.1, 0.15) is 32.6 Å². The quantitative estimate of drug-likeness (QED) is 0.526. The van der Waals surface area contributed by atoms with E-state index in [1.165, 1.54) is 24.2 Å². The van der Waals surface area contributed by atoms with Gasteiger partial charge >= 0.3 is 0 Å². The molecule has 0 unspecified atom stereocenters. The molecule has 1 aromatic carbocycles. The third kappa shape index (κ3) is 4.50. The summed E-state index contributed by atoms with van der Waals surface area (Å²) in [6.45, 7) is 2.89. The SMILES string of the molecule is CCCCCCNc1nc2ccccc2nc1NS(=O)(=O)c1cccs1. The molecule has 8 heteroatoms. The zero-order valence-electron chi connectivity index (χ0n) is 14.6. The van der Waals surface area contributed by atoms with Crippen molar-refractivity contribution in [1.82, 2.24) is 9.97 Å². The predicted molar refractivity (Wildman–Crippen MR) is 107 cm³/mol. The van der Waals surface area contributed by atoms with Crippen molar-refractivity contribution in [2.24, 2.45) is 0 Å². The van der Waals surface area contributed by atoms with Crippen LogP contribution in [0.3, 0.4) is 0 Å². The van der Waals surface area contributed by atoms with Gasteiger partial charge in [-0.15, -0.1) is 11.3 Å². The normalized spacial score (nSPS) is 11.6. The fourth-order valence-electron chi connectivity index (χ4n) is 2.55. The molecule has 3 aromatic rings. The third-order valence-electron chi connectivity index (χ3n) is 3.88. The van der Waals surface area contributed by atoms with Crippen molar-refractivity contribution in [2.45, 2.75) is 36.8 Å². The number of fused-ring (bicyclic) bond motifs is 1. The molecule has 3 rings (SSSR count). The van der Waals surface area contributed by atoms with Gasteiger partial charge in [0.05, 0.1) is 11.0 Å². The molecule has 0 radical (unpaired) electrons. The second-order valence-corrected chi connectivity index (χ2v) is 8.79. The second kappa shape index (κ2) is 8.46. The highest BCUT2D eigenvalue weighted by Gasteiger charge is 2.19. The average molecular weight is 391 g/mol. The Morgan fingerprint density at radius 3 is 2.35 bits per heavy atom. The van der Waals surface area contributed by atoms with Crippen LogP contribution in [0, 0.1) is 0 Å². The van der Waals surface area contributed by atoms with Gasteiger partial charge < -0.3 is 5.32 Å². The molecule has 0 saturated heterocycles. The van der Waals surface area contributed by atoms with E-state index >= 15 is 0 Å². The molecule has 0 saturated carbocycles. The number of nitrogens with zero attached hydrogens (tertiary/aromatic N) is 2. The van der Waals surface area contributed by atoms with Crippen molar-refractivity contribution in [2.75, 3.05) is 16.6 Å². The van der Waals surface area contributed by atoms with E-state index in [0.717, 1.165) is 24.9 Å². The summed E-state index contributed by atoms with van der Waals surface area (Å²) in [6, 6.07) is 10.7. The van der Waals surface area contributed by atoms with Gasteiger partial charge in [0.25, 0.3) is 10.0 Å². The van der Waals surface area contributed by atoms with E-state index in [1.807, 2.05) is 24.3 Å². The fraction of sp³-hybridized carbons (Fsp3) is 0.333. The minimum Gasteiger partial charge on any atom is -0.367 e. The van der Waals surface area contributed by atoms with Gasteiger partial charge in [0.15, 0.2) is 11.6 Å². The molecule has 2 heterocycles. The van der Waals surface area contributed by atoms with E-state index < -0.39 is 10.0 Å². The molecule has 138 valence electrons. The number of hydrogen-bond donors (Lipinski definition) is 2. The molecule has 0 amide bonds. The molecule has 0 bridgehead atoms. The summed E-state index contributed by atoms with van der Waals surface area (Å²) in [6.07, 6.45) is 4.48. The van der Waals surface area contributed by atoms with Crippen molar-refractivity contribution in [1.29, 1.82) is 0 Å². The van der Waals surface area contributed by atoms with Crippen molar-refractivity contribution in [3.05, 3.63) is 41.8 Å². The lowest BCUT2D eigenvalue weighted by atomic mass is 10.2. The van der Waals surface area contributed by atoms with Crippen LogP contribution in [0.25, 0.3) is 11.0 Å². The first-order valence-electron chi connectivity index (χ1n) is 8.67. The van der Waals surface area contributed by atoms with E-state index in [2.05, 4.69) is 26.9 Å². The lowest BCUT2D eigenvalue weighted by Crippen LogP contribution is -2.16. The Bertz CT molecular complexity index is 956. The number of anilines is 2. The Kier molecular flexibility index (Phi) is 6.05. The summed E-state index contributed by atoms with van der Waals surface area (Å²) < 4.78 is 28.0. The minimum absolute atomic E-state index is 0.229. The van der Waals surface area contributed by atoms with Crippen LogP contribution in [0.2, 0.25) is 0 Å². The first-order chi connectivity index (χ1) is 12.6. The number of benzene rings is 1. The smallest absolute Gasteiger partial charge is 0.272 e. The summed E-state index contributed by atoms with van der Waals surface area (Å²) in [5, 5.41) is 4.96. The summed E-state index contributed by atoms with van der Waals surface area (Å²) in [7, 11) is -3.67. The number of rotatable bonds is 9. The Balaban J connectivity index is 1.87. The molecule has 0 aliphatic rings. The van der Waals surface area contributed by atoms with E-state index in [1.54, 1.807) is 17.5 Å². The molecule has 0 atom stereocenters. The Morgan fingerprint density at radius 1 is 0.962 bits per heavy atom. The summed E-state index contributed by atoms with van der Waals surface area (Å²) in [5.74, 6) is 0.688. The van der Waals surface area contributed by atoms with E-state index in [9.17, 15) is 8.42 Å². The highest BCUT2D eigenvalue weighted by atomic mass is 32.2. The lowest BCUT2D eigenvalue weighted by molar-refractivity contribution is 0.603. The lowest BCUT2D eigenvalue weighted by Gasteiger charge is -2.13. The standard InChI is InChI=1S/C18H22N4O2S2/c1-2-3-4-7-12-19-17-18(21-15-10-6-5-9-14(15)20-17)22-26(23,24)16-11-8-13-25-16/h5-6,8-11,13H,2-4,7,12H2,1H3,(H,19,20)(H,21,22). The largest absolute Gasteiger partial charge is 0.367 e. The summed E-state index contributed by atoms with van der Waals surface area (Å²) in [4.78, 5) is 9.04. The Labute approximate surface area is 157 Å². The highest BCUT2D eigenvalue weighted by Crippen LogP contribution is 2.25. The first kappa shape index (κ1) is 18.6. The van der Waals surface area contributed by atoms with Crippen molar-refractivity contribution < 1.29 is 8.42 Å². The molecular weight excluding hydrogens is 368 g/mol. The summed E-state index contributed by atoms with van der Waals surface area (Å²) >= 11 is 1.17. The number of aromatic nitrogens is 2. The number of thiophene rings is 1. The van der Waals surface area contributed by atoms with Crippen LogP contribution in [0.5, 0.6) is 0 Å². The summed E-state index contributed by atoms with van der Waals surface area (Å²) in [5.41, 5.74) is 1.37. The molecule has 2 N–H and O–H groups in total. The number of unbranched alkanes of at least 4 members (excludes halogenated alkanes) is 3. The fourth-order valence-corrected chi connectivity index (χ4v) is 4.55. The van der Waals surface area contributed by atoms with Gasteiger partial charge in [-0.1, -0.05) is 44.4 Å². The maximum atomic E-state index is 12.6. The van der Waals surface area contributed by atoms with Crippen LogP contribution < -0.4 is 10.0 Å². The molecule has 0 aliphatic carbocycles. The maximum absolute atomic E-state index is 12.6. The molecule has 26 heavy (non-hydrogen) atoms. The van der Waals surface area contributed by atoms with Gasteiger partial charge in [0.1, 0.15) is 4.21 Å². The predicted octanol–water partition coefficient (Wildman–Crippen LogP) is 4.48. The molecule has 0 aliphatic heterocycles. The monoisotopic (exact) mass is 390 g/mol. The average Bonchev–Trinajstić information content (AvgIpc) is 3.17. The highest BCUT2D eigenvalue weighted by molar-refractivity contribution is 7.94. The topological polar surface area (TPSA) is 84.0 Å². The van der Waals surface area contributed by atoms with Gasteiger partial charge in [-0.25, -0.2) is 18.4 Å². The zero-order valence-corrected chi connectivity index (χ0v) is 16.2. The van der Waals surface area contributed by atoms with Crippen molar-refractivity contribution in [3.8, 4) is 0 Å². The molecular formula is C18H22N4O2S2. The van der Waals surface area contributed by atoms with Crippen LogP contribution in [-0.2, 0) is 10.0 Å². The van der Waals surface area contributed by atoms with Crippen LogP contribution in [-0.4, -0.2) is 24.9 Å². The Hall–Kier alpha value is -2.19.